The minimum absolute atomic E-state index is 0.713. The van der Waals surface area contributed by atoms with Crippen LogP contribution in [-0.2, 0) is 5.75 Å². The van der Waals surface area contributed by atoms with Gasteiger partial charge in [0.05, 0.1) is 0 Å². The summed E-state index contributed by atoms with van der Waals surface area (Å²) in [6.45, 7) is 4.49. The van der Waals surface area contributed by atoms with Gasteiger partial charge in [-0.2, -0.15) is 0 Å². The predicted octanol–water partition coefficient (Wildman–Crippen LogP) is 3.30. The van der Waals surface area contributed by atoms with Gasteiger partial charge in [-0.25, -0.2) is 0 Å². The second-order valence-electron chi connectivity index (χ2n) is 3.10. The first-order chi connectivity index (χ1) is 5.29. The number of thioether (sulfide) groups is 1. The molecule has 0 bridgehead atoms. The van der Waals surface area contributed by atoms with Crippen molar-refractivity contribution in [2.75, 3.05) is 0 Å². The van der Waals surface area contributed by atoms with Gasteiger partial charge in [-0.15, -0.1) is 11.8 Å². The van der Waals surface area contributed by atoms with E-state index in [-0.39, 0.29) is 0 Å². The Bertz CT molecular complexity index is 278. The SMILES string of the molecule is Cc1cccc2c1CS[C@H]2C. The van der Waals surface area contributed by atoms with Crippen LogP contribution < -0.4 is 0 Å². The first-order valence-electron chi connectivity index (χ1n) is 3.99. The standard InChI is InChI=1S/C10H12S/c1-7-4-3-5-9-8(2)11-6-10(7)9/h3-5,8H,6H2,1-2H3/t8-/m0/s1. The molecule has 1 atom stereocenters. The van der Waals surface area contributed by atoms with E-state index in [1.807, 2.05) is 11.8 Å². The summed E-state index contributed by atoms with van der Waals surface area (Å²) in [6, 6.07) is 6.63. The van der Waals surface area contributed by atoms with Crippen molar-refractivity contribution < 1.29 is 0 Å². The molecule has 58 valence electrons. The van der Waals surface area contributed by atoms with Gasteiger partial charge in [-0.05, 0) is 30.5 Å². The molecular weight excluding hydrogens is 152 g/mol. The minimum Gasteiger partial charge on any atom is -0.149 e. The highest BCUT2D eigenvalue weighted by atomic mass is 32.2. The number of benzene rings is 1. The molecule has 0 nitrogen and oxygen atoms in total. The molecule has 1 aliphatic rings. The number of aryl methyl sites for hydroxylation is 1. The first-order valence-corrected chi connectivity index (χ1v) is 5.04. The zero-order valence-corrected chi connectivity index (χ0v) is 7.74. The molecule has 1 heteroatoms. The lowest BCUT2D eigenvalue weighted by Crippen LogP contribution is -1.87. The van der Waals surface area contributed by atoms with E-state index in [0.717, 1.165) is 0 Å². The molecule has 1 aromatic carbocycles. The second-order valence-corrected chi connectivity index (χ2v) is 4.43. The van der Waals surface area contributed by atoms with Gasteiger partial charge in [0.1, 0.15) is 0 Å². The summed E-state index contributed by atoms with van der Waals surface area (Å²) in [5.74, 6) is 1.21. The normalized spacial score (nSPS) is 21.8. The Morgan fingerprint density at radius 3 is 3.00 bits per heavy atom. The quantitative estimate of drug-likeness (QED) is 0.567. The molecule has 0 aromatic heterocycles. The lowest BCUT2D eigenvalue weighted by molar-refractivity contribution is 1.10. The lowest BCUT2D eigenvalue weighted by Gasteiger charge is -2.03. The van der Waals surface area contributed by atoms with Gasteiger partial charge in [0.2, 0.25) is 0 Å². The average molecular weight is 164 g/mol. The van der Waals surface area contributed by atoms with E-state index in [1.165, 1.54) is 11.3 Å². The Morgan fingerprint density at radius 2 is 2.27 bits per heavy atom. The molecule has 1 heterocycles. The van der Waals surface area contributed by atoms with Crippen LogP contribution in [0.15, 0.2) is 18.2 Å². The molecule has 0 N–H and O–H groups in total. The van der Waals surface area contributed by atoms with Crippen molar-refractivity contribution in [1.29, 1.82) is 0 Å². The van der Waals surface area contributed by atoms with Crippen LogP contribution in [-0.4, -0.2) is 0 Å². The highest BCUT2D eigenvalue weighted by Gasteiger charge is 2.19. The lowest BCUT2D eigenvalue weighted by atomic mass is 10.0. The average Bonchev–Trinajstić information content (AvgIpc) is 2.35. The summed E-state index contributed by atoms with van der Waals surface area (Å²) in [7, 11) is 0. The second kappa shape index (κ2) is 2.56. The monoisotopic (exact) mass is 164 g/mol. The summed E-state index contributed by atoms with van der Waals surface area (Å²) in [6.07, 6.45) is 0. The predicted molar refractivity (Wildman–Crippen MR) is 50.9 cm³/mol. The van der Waals surface area contributed by atoms with Crippen molar-refractivity contribution in [3.05, 3.63) is 34.9 Å². The van der Waals surface area contributed by atoms with Gasteiger partial charge in [-0.3, -0.25) is 0 Å². The number of hydrogen-bond donors (Lipinski definition) is 0. The highest BCUT2D eigenvalue weighted by molar-refractivity contribution is 7.99. The molecule has 0 saturated carbocycles. The van der Waals surface area contributed by atoms with Crippen molar-refractivity contribution >= 4 is 11.8 Å². The van der Waals surface area contributed by atoms with Crippen LogP contribution in [0.3, 0.4) is 0 Å². The molecule has 0 amide bonds. The first kappa shape index (κ1) is 7.23. The molecule has 0 unspecified atom stereocenters. The van der Waals surface area contributed by atoms with E-state index in [0.29, 0.717) is 5.25 Å². The fourth-order valence-corrected chi connectivity index (χ4v) is 2.81. The number of hydrogen-bond acceptors (Lipinski definition) is 1. The van der Waals surface area contributed by atoms with Gasteiger partial charge < -0.3 is 0 Å². The summed E-state index contributed by atoms with van der Waals surface area (Å²) in [5.41, 5.74) is 4.58. The third-order valence-electron chi connectivity index (χ3n) is 2.36. The zero-order chi connectivity index (χ0) is 7.84. The maximum atomic E-state index is 2.29. The Balaban J connectivity index is 2.57. The van der Waals surface area contributed by atoms with Gasteiger partial charge in [-0.1, -0.05) is 18.2 Å². The third-order valence-corrected chi connectivity index (χ3v) is 3.57. The molecule has 1 aromatic rings. The molecule has 0 radical (unpaired) electrons. The minimum atomic E-state index is 0.713. The maximum Gasteiger partial charge on any atom is 0.0275 e. The topological polar surface area (TPSA) is 0 Å². The van der Waals surface area contributed by atoms with E-state index in [1.54, 1.807) is 11.1 Å². The van der Waals surface area contributed by atoms with E-state index in [9.17, 15) is 0 Å². The van der Waals surface area contributed by atoms with Crippen LogP contribution in [0.1, 0.15) is 28.9 Å². The Hall–Kier alpha value is -0.430. The Kier molecular flexibility index (Phi) is 1.68. The molecule has 1 aliphatic heterocycles. The maximum absolute atomic E-state index is 2.29. The number of fused-ring (bicyclic) bond motifs is 1. The Morgan fingerprint density at radius 1 is 1.45 bits per heavy atom. The molecule has 11 heavy (non-hydrogen) atoms. The van der Waals surface area contributed by atoms with Crippen molar-refractivity contribution in [2.24, 2.45) is 0 Å². The summed E-state index contributed by atoms with van der Waals surface area (Å²) < 4.78 is 0. The largest absolute Gasteiger partial charge is 0.149 e. The van der Waals surface area contributed by atoms with E-state index < -0.39 is 0 Å². The van der Waals surface area contributed by atoms with Gasteiger partial charge in [0.15, 0.2) is 0 Å². The zero-order valence-electron chi connectivity index (χ0n) is 6.92. The number of rotatable bonds is 0. The van der Waals surface area contributed by atoms with Crippen LogP contribution in [0.2, 0.25) is 0 Å². The highest BCUT2D eigenvalue weighted by Crippen LogP contribution is 2.41. The summed E-state index contributed by atoms with van der Waals surface area (Å²) in [5, 5.41) is 0.713. The molecule has 0 spiro atoms. The third kappa shape index (κ3) is 1.08. The molecule has 2 rings (SSSR count). The van der Waals surface area contributed by atoms with E-state index in [4.69, 9.17) is 0 Å². The van der Waals surface area contributed by atoms with Gasteiger partial charge in [0.25, 0.3) is 0 Å². The van der Waals surface area contributed by atoms with Crippen molar-refractivity contribution in [1.82, 2.24) is 0 Å². The van der Waals surface area contributed by atoms with Crippen molar-refractivity contribution in [3.8, 4) is 0 Å². The summed E-state index contributed by atoms with van der Waals surface area (Å²) >= 11 is 2.04. The molecule has 0 saturated heterocycles. The van der Waals surface area contributed by atoms with Crippen LogP contribution in [0, 0.1) is 6.92 Å². The molecule has 0 aliphatic carbocycles. The molecular formula is C10H12S. The van der Waals surface area contributed by atoms with E-state index >= 15 is 0 Å². The fraction of sp³-hybridized carbons (Fsp3) is 0.400. The van der Waals surface area contributed by atoms with E-state index in [2.05, 4.69) is 32.0 Å². The van der Waals surface area contributed by atoms with Crippen molar-refractivity contribution in [3.63, 3.8) is 0 Å². The Labute approximate surface area is 72.0 Å². The van der Waals surface area contributed by atoms with Crippen LogP contribution in [0.25, 0.3) is 0 Å². The van der Waals surface area contributed by atoms with Crippen molar-refractivity contribution in [2.45, 2.75) is 24.9 Å². The van der Waals surface area contributed by atoms with Crippen LogP contribution in [0.4, 0.5) is 0 Å². The van der Waals surface area contributed by atoms with Crippen LogP contribution >= 0.6 is 11.8 Å². The molecule has 0 fully saturated rings. The summed E-state index contributed by atoms with van der Waals surface area (Å²) in [4.78, 5) is 0. The van der Waals surface area contributed by atoms with Gasteiger partial charge >= 0.3 is 0 Å². The fourth-order valence-electron chi connectivity index (χ4n) is 1.60. The van der Waals surface area contributed by atoms with Crippen LogP contribution in [0.5, 0.6) is 0 Å². The van der Waals surface area contributed by atoms with Gasteiger partial charge in [0, 0.05) is 11.0 Å². The smallest absolute Gasteiger partial charge is 0.0275 e.